The number of nitrogens with zero attached hydrogens (tertiary/aromatic N) is 6. The number of nitrogens with one attached hydrogen (secondary N) is 1. The van der Waals surface area contributed by atoms with E-state index in [4.69, 9.17) is 0 Å². The van der Waals surface area contributed by atoms with Gasteiger partial charge in [-0.05, 0) is 62.4 Å². The van der Waals surface area contributed by atoms with Crippen LogP contribution in [0.3, 0.4) is 0 Å². The van der Waals surface area contributed by atoms with E-state index in [-0.39, 0.29) is 5.92 Å². The van der Waals surface area contributed by atoms with Crippen molar-refractivity contribution in [3.05, 3.63) is 59.4 Å². The second-order valence-corrected chi connectivity index (χ2v) is 10.0. The number of hydrogen-bond donors (Lipinski definition) is 1. The van der Waals surface area contributed by atoms with Crippen molar-refractivity contribution in [1.29, 1.82) is 0 Å². The quantitative estimate of drug-likeness (QED) is 0.260. The van der Waals surface area contributed by atoms with Gasteiger partial charge in [0.15, 0.2) is 0 Å². The molecule has 1 saturated carbocycles. The molecule has 1 saturated heterocycles. The van der Waals surface area contributed by atoms with Crippen molar-refractivity contribution in [2.24, 2.45) is 13.0 Å². The maximum Gasteiger partial charge on any atom is 0.433 e. The van der Waals surface area contributed by atoms with Gasteiger partial charge < -0.3 is 4.57 Å². The highest BCUT2D eigenvalue weighted by Crippen LogP contribution is 2.43. The van der Waals surface area contributed by atoms with E-state index >= 15 is 0 Å². The van der Waals surface area contributed by atoms with Gasteiger partial charge in [-0.3, -0.25) is 14.4 Å². The average molecular weight is 560 g/mol. The lowest BCUT2D eigenvalue weighted by Crippen LogP contribution is -2.24. The number of benzene rings is 1. The average Bonchev–Trinajstić information content (AvgIpc) is 3.70. The predicted octanol–water partition coefficient (Wildman–Crippen LogP) is 6.91. The van der Waals surface area contributed by atoms with Gasteiger partial charge in [0.1, 0.15) is 23.5 Å². The van der Waals surface area contributed by atoms with Gasteiger partial charge >= 0.3 is 6.18 Å². The van der Waals surface area contributed by atoms with Gasteiger partial charge in [-0.1, -0.05) is 38.5 Å². The topological polar surface area (TPSA) is 75.5 Å². The zero-order valence-corrected chi connectivity index (χ0v) is 23.5. The van der Waals surface area contributed by atoms with Crippen LogP contribution in [-0.4, -0.2) is 55.1 Å². The van der Waals surface area contributed by atoms with Gasteiger partial charge in [-0.25, -0.2) is 4.98 Å². The second-order valence-electron chi connectivity index (χ2n) is 10.0. The van der Waals surface area contributed by atoms with Gasteiger partial charge in [-0.15, -0.1) is 10.2 Å². The van der Waals surface area contributed by atoms with Crippen molar-refractivity contribution in [1.82, 2.24) is 34.8 Å². The van der Waals surface area contributed by atoms with Gasteiger partial charge in [-0.2, -0.15) is 18.3 Å². The Labute approximate surface area is 232 Å². The summed E-state index contributed by atoms with van der Waals surface area (Å²) >= 11 is 0. The lowest BCUT2D eigenvalue weighted by atomic mass is 9.72. The van der Waals surface area contributed by atoms with Crippen LogP contribution in [0.15, 0.2) is 36.7 Å². The Kier molecular flexibility index (Phi) is 9.55. The summed E-state index contributed by atoms with van der Waals surface area (Å²) in [6, 6.07) is 9.09. The van der Waals surface area contributed by atoms with Crippen molar-refractivity contribution in [3.8, 4) is 11.3 Å². The number of fused-ring (bicyclic) bond motifs is 1. The maximum absolute atomic E-state index is 13.8. The molecular formula is C29H37F4N7. The van der Waals surface area contributed by atoms with Crippen LogP contribution in [0.2, 0.25) is 0 Å². The molecule has 0 amide bonds. The number of alkyl halides is 4. The number of aromatic amines is 1. The molecule has 7 nitrogen and oxygen atoms in total. The summed E-state index contributed by atoms with van der Waals surface area (Å²) < 4.78 is 52.9. The molecule has 2 fully saturated rings. The summed E-state index contributed by atoms with van der Waals surface area (Å²) in [6.07, 6.45) is 2.70. The van der Waals surface area contributed by atoms with Crippen molar-refractivity contribution in [2.75, 3.05) is 20.3 Å². The van der Waals surface area contributed by atoms with Crippen LogP contribution >= 0.6 is 0 Å². The molecule has 1 atom stereocenters. The Balaban J connectivity index is 0.000000886. The highest BCUT2D eigenvalue weighted by Gasteiger charge is 2.35. The summed E-state index contributed by atoms with van der Waals surface area (Å²) in [5.74, 6) is 1.45. The van der Waals surface area contributed by atoms with E-state index in [1.807, 2.05) is 43.7 Å². The molecule has 1 aromatic carbocycles. The molecule has 2 aliphatic rings. The normalized spacial score (nSPS) is 16.6. The molecule has 40 heavy (non-hydrogen) atoms. The van der Waals surface area contributed by atoms with Crippen molar-refractivity contribution in [2.45, 2.75) is 64.6 Å². The minimum absolute atomic E-state index is 0.0783. The van der Waals surface area contributed by atoms with E-state index in [0.717, 1.165) is 61.8 Å². The molecule has 1 aliphatic heterocycles. The monoisotopic (exact) mass is 559 g/mol. The number of halogens is 4. The van der Waals surface area contributed by atoms with Crippen LogP contribution in [0.4, 0.5) is 17.6 Å². The first-order valence-corrected chi connectivity index (χ1v) is 13.9. The molecule has 216 valence electrons. The molecule has 1 unspecified atom stereocenters. The molecule has 3 aromatic heterocycles. The minimum atomic E-state index is -4.54. The maximum atomic E-state index is 13.8. The standard InChI is InChI=1S/C26H28F3N7.C2H6.CH3F/c1-35-15-30-34-25(35)22(16-6-4-7-16)17-8-5-9-18(12-17)23-19-13-21(26(27,28)29)31-20(24(19)33-32-23)14-36-10-2-3-11-36;2*1-2/h5,8-9,12-13,15-16,22H,2-4,6-7,10-11,14H2,1H3,(H,32,33);1-2H3;1H3. The van der Waals surface area contributed by atoms with E-state index in [2.05, 4.69) is 36.3 Å². The van der Waals surface area contributed by atoms with E-state index in [1.165, 1.54) is 6.42 Å². The van der Waals surface area contributed by atoms with E-state index in [9.17, 15) is 17.6 Å². The fourth-order valence-corrected chi connectivity index (χ4v) is 5.57. The molecule has 4 heterocycles. The van der Waals surface area contributed by atoms with Crippen LogP contribution in [0.5, 0.6) is 0 Å². The van der Waals surface area contributed by atoms with Gasteiger partial charge in [0, 0.05) is 30.5 Å². The molecule has 0 bridgehead atoms. The first-order chi connectivity index (χ1) is 19.4. The van der Waals surface area contributed by atoms with Gasteiger partial charge in [0.05, 0.1) is 18.4 Å². The Bertz CT molecular complexity index is 1380. The molecule has 1 N–H and O–H groups in total. The summed E-state index contributed by atoms with van der Waals surface area (Å²) in [5, 5.41) is 16.4. The van der Waals surface area contributed by atoms with Crippen LogP contribution < -0.4 is 0 Å². The fourth-order valence-electron chi connectivity index (χ4n) is 5.57. The molecule has 4 aromatic rings. The highest BCUT2D eigenvalue weighted by atomic mass is 19.4. The summed E-state index contributed by atoms with van der Waals surface area (Å²) in [4.78, 5) is 6.16. The summed E-state index contributed by atoms with van der Waals surface area (Å²) in [7, 11) is 2.44. The first-order valence-electron chi connectivity index (χ1n) is 13.9. The van der Waals surface area contributed by atoms with E-state index in [0.29, 0.717) is 41.9 Å². The van der Waals surface area contributed by atoms with Crippen LogP contribution in [0.1, 0.15) is 74.6 Å². The second kappa shape index (κ2) is 12.9. The zero-order valence-electron chi connectivity index (χ0n) is 23.5. The Morgan fingerprint density at radius 2 is 1.77 bits per heavy atom. The summed E-state index contributed by atoms with van der Waals surface area (Å²) in [5.41, 5.74) is 2.44. The van der Waals surface area contributed by atoms with Gasteiger partial charge in [0.25, 0.3) is 0 Å². The Morgan fingerprint density at radius 1 is 1.05 bits per heavy atom. The van der Waals surface area contributed by atoms with E-state index in [1.54, 1.807) is 6.33 Å². The minimum Gasteiger partial charge on any atom is -0.320 e. The lowest BCUT2D eigenvalue weighted by Gasteiger charge is -2.33. The number of aryl methyl sites for hydroxylation is 1. The third-order valence-corrected chi connectivity index (χ3v) is 7.66. The molecule has 6 rings (SSSR count). The molecule has 0 spiro atoms. The highest BCUT2D eigenvalue weighted by molar-refractivity contribution is 5.94. The molecule has 11 heteroatoms. The lowest BCUT2D eigenvalue weighted by molar-refractivity contribution is -0.141. The Morgan fingerprint density at radius 3 is 2.38 bits per heavy atom. The van der Waals surface area contributed by atoms with Gasteiger partial charge in [0.2, 0.25) is 0 Å². The van der Waals surface area contributed by atoms with Crippen LogP contribution in [0.25, 0.3) is 22.2 Å². The van der Waals surface area contributed by atoms with Crippen LogP contribution in [-0.2, 0) is 19.8 Å². The molecular weight excluding hydrogens is 522 g/mol. The SMILES string of the molecule is CC.CF.Cn1cnnc1C(c1cccc(-c2n[nH]c3c(CN4CCCC4)nc(C(F)(F)F)cc23)c1)C1CCC1. The number of hydrogen-bond acceptors (Lipinski definition) is 5. The first kappa shape index (κ1) is 29.6. The fraction of sp³-hybridized carbons (Fsp3) is 0.517. The number of pyridine rings is 1. The van der Waals surface area contributed by atoms with Crippen molar-refractivity contribution >= 4 is 10.9 Å². The predicted molar refractivity (Wildman–Crippen MR) is 147 cm³/mol. The number of H-pyrrole nitrogens is 1. The summed E-state index contributed by atoms with van der Waals surface area (Å²) in [6.45, 7) is 6.11. The van der Waals surface area contributed by atoms with E-state index < -0.39 is 11.9 Å². The van der Waals surface area contributed by atoms with Crippen molar-refractivity contribution in [3.63, 3.8) is 0 Å². The molecule has 1 aliphatic carbocycles. The third-order valence-electron chi connectivity index (χ3n) is 7.66. The van der Waals surface area contributed by atoms with Crippen LogP contribution in [0, 0.1) is 5.92 Å². The molecule has 0 radical (unpaired) electrons. The largest absolute Gasteiger partial charge is 0.433 e. The third kappa shape index (κ3) is 6.04. The number of rotatable bonds is 6. The van der Waals surface area contributed by atoms with Crippen molar-refractivity contribution < 1.29 is 17.6 Å². The Hall–Kier alpha value is -3.34. The number of likely N-dealkylation sites (tertiary alicyclic amines) is 1. The number of aromatic nitrogens is 6. The zero-order chi connectivity index (χ0) is 28.9. The smallest absolute Gasteiger partial charge is 0.320 e.